The van der Waals surface area contributed by atoms with Crippen LogP contribution in [0.1, 0.15) is 92.4 Å². The molecule has 1 saturated heterocycles. The zero-order valence-corrected chi connectivity index (χ0v) is 20.8. The molecule has 30 heavy (non-hydrogen) atoms. The number of nitrogens with zero attached hydrogens (tertiary/aromatic N) is 1. The molecule has 0 bridgehead atoms. The van der Waals surface area contributed by atoms with Gasteiger partial charge in [-0.15, -0.1) is 0 Å². The quantitative estimate of drug-likeness (QED) is 0.330. The van der Waals surface area contributed by atoms with Gasteiger partial charge in [-0.25, -0.2) is 0 Å². The van der Waals surface area contributed by atoms with Crippen LogP contribution in [0.2, 0.25) is 0 Å². The van der Waals surface area contributed by atoms with Gasteiger partial charge in [0.05, 0.1) is 18.8 Å². The Morgan fingerprint density at radius 1 is 1.23 bits per heavy atom. The fourth-order valence-corrected chi connectivity index (χ4v) is 5.55. The highest BCUT2D eigenvalue weighted by Gasteiger charge is 2.46. The Morgan fingerprint density at radius 2 is 1.93 bits per heavy atom. The van der Waals surface area contributed by atoms with E-state index in [9.17, 15) is 0 Å². The van der Waals surface area contributed by atoms with Crippen LogP contribution in [0.4, 0.5) is 0 Å². The SMILES string of the molecule is C=C(C)CN(CCC1COC2(CCC(C(C)(C)CCC)CC2)O1)CC(CCC)OC. The number of ether oxygens (including phenoxy) is 3. The molecule has 0 radical (unpaired) electrons. The number of hydrogen-bond donors (Lipinski definition) is 0. The standard InChI is InChI=1S/C26H49NO3/c1-8-10-23(28-7)19-27(18-21(3)4)17-13-24-20-29-26(30-24)15-11-22(12-16-26)25(5,6)14-9-2/h22-24H,3,8-20H2,1-2,4-7H3. The third kappa shape index (κ3) is 7.62. The molecule has 0 aromatic carbocycles. The summed E-state index contributed by atoms with van der Waals surface area (Å²) >= 11 is 0. The van der Waals surface area contributed by atoms with E-state index < -0.39 is 0 Å². The minimum absolute atomic E-state index is 0.213. The molecule has 0 amide bonds. The molecule has 0 aromatic heterocycles. The molecule has 2 aliphatic rings. The lowest BCUT2D eigenvalue weighted by molar-refractivity contribution is -0.197. The van der Waals surface area contributed by atoms with Crippen LogP contribution in [-0.4, -0.2) is 56.2 Å². The monoisotopic (exact) mass is 423 g/mol. The molecule has 1 aliphatic heterocycles. The van der Waals surface area contributed by atoms with E-state index in [0.717, 1.165) is 64.3 Å². The van der Waals surface area contributed by atoms with Crippen LogP contribution in [-0.2, 0) is 14.2 Å². The maximum absolute atomic E-state index is 6.54. The molecule has 4 nitrogen and oxygen atoms in total. The Kier molecular flexibility index (Phi) is 10.3. The van der Waals surface area contributed by atoms with Crippen molar-refractivity contribution >= 4 is 0 Å². The van der Waals surface area contributed by atoms with Gasteiger partial charge in [0.25, 0.3) is 0 Å². The molecule has 0 aromatic rings. The summed E-state index contributed by atoms with van der Waals surface area (Å²) in [6, 6.07) is 0. The number of rotatable bonds is 13. The van der Waals surface area contributed by atoms with Crippen LogP contribution in [0.5, 0.6) is 0 Å². The molecule has 2 unspecified atom stereocenters. The lowest BCUT2D eigenvalue weighted by Gasteiger charge is -2.42. The van der Waals surface area contributed by atoms with Crippen molar-refractivity contribution in [3.8, 4) is 0 Å². The van der Waals surface area contributed by atoms with E-state index in [2.05, 4.69) is 46.1 Å². The predicted octanol–water partition coefficient (Wildman–Crippen LogP) is 6.20. The van der Waals surface area contributed by atoms with E-state index in [0.29, 0.717) is 11.5 Å². The average molecular weight is 424 g/mol. The Bertz CT molecular complexity index is 510. The van der Waals surface area contributed by atoms with E-state index in [1.807, 2.05) is 7.11 Å². The molecule has 0 N–H and O–H groups in total. The van der Waals surface area contributed by atoms with Gasteiger partial charge in [-0.3, -0.25) is 4.90 Å². The van der Waals surface area contributed by atoms with Gasteiger partial charge in [0.15, 0.2) is 5.79 Å². The Hall–Kier alpha value is -0.420. The molecular formula is C26H49NO3. The molecular weight excluding hydrogens is 374 g/mol. The van der Waals surface area contributed by atoms with Gasteiger partial charge in [0.2, 0.25) is 0 Å². The highest BCUT2D eigenvalue weighted by molar-refractivity contribution is 4.93. The van der Waals surface area contributed by atoms with Gasteiger partial charge in [-0.05, 0) is 50.4 Å². The molecule has 1 aliphatic carbocycles. The maximum atomic E-state index is 6.54. The second kappa shape index (κ2) is 12.0. The first-order valence-electron chi connectivity index (χ1n) is 12.4. The van der Waals surface area contributed by atoms with Crippen molar-refractivity contribution in [2.45, 2.75) is 110 Å². The van der Waals surface area contributed by atoms with Gasteiger partial charge >= 0.3 is 0 Å². The number of hydrogen-bond acceptors (Lipinski definition) is 4. The lowest BCUT2D eigenvalue weighted by Crippen LogP contribution is -2.40. The van der Waals surface area contributed by atoms with Crippen molar-refractivity contribution in [1.29, 1.82) is 0 Å². The molecule has 176 valence electrons. The summed E-state index contributed by atoms with van der Waals surface area (Å²) in [6.45, 7) is 19.3. The van der Waals surface area contributed by atoms with Crippen LogP contribution in [0.15, 0.2) is 12.2 Å². The number of methoxy groups -OCH3 is 1. The summed E-state index contributed by atoms with van der Waals surface area (Å²) in [6.07, 6.45) is 10.9. The van der Waals surface area contributed by atoms with Crippen molar-refractivity contribution in [2.75, 3.05) is 33.4 Å². The van der Waals surface area contributed by atoms with Crippen molar-refractivity contribution in [1.82, 2.24) is 4.90 Å². The minimum Gasteiger partial charge on any atom is -0.380 e. The summed E-state index contributed by atoms with van der Waals surface area (Å²) in [4.78, 5) is 2.48. The van der Waals surface area contributed by atoms with Gasteiger partial charge in [-0.1, -0.05) is 52.7 Å². The van der Waals surface area contributed by atoms with Crippen molar-refractivity contribution in [3.63, 3.8) is 0 Å². The average Bonchev–Trinajstić information content (AvgIpc) is 3.08. The molecule has 1 heterocycles. The molecule has 1 saturated carbocycles. The summed E-state index contributed by atoms with van der Waals surface area (Å²) in [5.41, 5.74) is 1.64. The normalized spacial score (nSPS) is 28.4. The van der Waals surface area contributed by atoms with Gasteiger partial charge in [0, 0.05) is 39.6 Å². The smallest absolute Gasteiger partial charge is 0.168 e. The Labute approximate surface area is 186 Å². The maximum Gasteiger partial charge on any atom is 0.168 e. The topological polar surface area (TPSA) is 30.9 Å². The third-order valence-corrected chi connectivity index (χ3v) is 7.33. The van der Waals surface area contributed by atoms with E-state index in [1.165, 1.54) is 31.3 Å². The fraction of sp³-hybridized carbons (Fsp3) is 0.923. The predicted molar refractivity (Wildman–Crippen MR) is 126 cm³/mol. The lowest BCUT2D eigenvalue weighted by atomic mass is 9.68. The van der Waals surface area contributed by atoms with Crippen molar-refractivity contribution in [2.24, 2.45) is 11.3 Å². The van der Waals surface area contributed by atoms with Gasteiger partial charge in [-0.2, -0.15) is 0 Å². The first kappa shape index (κ1) is 25.8. The molecule has 2 rings (SSSR count). The first-order chi connectivity index (χ1) is 14.2. The summed E-state index contributed by atoms with van der Waals surface area (Å²) in [5, 5.41) is 0. The van der Waals surface area contributed by atoms with E-state index in [-0.39, 0.29) is 11.9 Å². The van der Waals surface area contributed by atoms with E-state index in [4.69, 9.17) is 14.2 Å². The summed E-state index contributed by atoms with van der Waals surface area (Å²) < 4.78 is 18.5. The van der Waals surface area contributed by atoms with E-state index >= 15 is 0 Å². The fourth-order valence-electron chi connectivity index (χ4n) is 5.55. The highest BCUT2D eigenvalue weighted by Crippen LogP contribution is 2.47. The van der Waals surface area contributed by atoms with Crippen molar-refractivity contribution < 1.29 is 14.2 Å². The third-order valence-electron chi connectivity index (χ3n) is 7.33. The van der Waals surface area contributed by atoms with Crippen LogP contribution >= 0.6 is 0 Å². The van der Waals surface area contributed by atoms with Crippen LogP contribution in [0, 0.1) is 11.3 Å². The molecule has 1 spiro atoms. The minimum atomic E-state index is -0.306. The zero-order valence-electron chi connectivity index (χ0n) is 20.8. The summed E-state index contributed by atoms with van der Waals surface area (Å²) in [7, 11) is 1.83. The largest absolute Gasteiger partial charge is 0.380 e. The first-order valence-corrected chi connectivity index (χ1v) is 12.4. The molecule has 2 atom stereocenters. The van der Waals surface area contributed by atoms with Gasteiger partial charge in [0.1, 0.15) is 0 Å². The molecule has 4 heteroatoms. The second-order valence-corrected chi connectivity index (χ2v) is 10.6. The second-order valence-electron chi connectivity index (χ2n) is 10.6. The zero-order chi connectivity index (χ0) is 22.2. The molecule has 2 fully saturated rings. The summed E-state index contributed by atoms with van der Waals surface area (Å²) in [5.74, 6) is 0.491. The Morgan fingerprint density at radius 3 is 2.50 bits per heavy atom. The van der Waals surface area contributed by atoms with E-state index in [1.54, 1.807) is 0 Å². The van der Waals surface area contributed by atoms with Crippen LogP contribution in [0.3, 0.4) is 0 Å². The van der Waals surface area contributed by atoms with Crippen LogP contribution in [0.25, 0.3) is 0 Å². The highest BCUT2D eigenvalue weighted by atomic mass is 16.7. The van der Waals surface area contributed by atoms with Crippen LogP contribution < -0.4 is 0 Å². The van der Waals surface area contributed by atoms with Gasteiger partial charge < -0.3 is 14.2 Å². The Balaban J connectivity index is 1.82. The van der Waals surface area contributed by atoms with Crippen molar-refractivity contribution in [3.05, 3.63) is 12.2 Å².